The molecule has 1 heterocycles. The average Bonchev–Trinajstić information content (AvgIpc) is 2.33. The van der Waals surface area contributed by atoms with Crippen LogP contribution in [0.2, 0.25) is 0 Å². The van der Waals surface area contributed by atoms with Crippen molar-refractivity contribution in [3.05, 3.63) is 11.8 Å². The molecule has 0 atom stereocenters. The molecule has 6 nitrogen and oxygen atoms in total. The molecule has 0 saturated carbocycles. The minimum Gasteiger partial charge on any atom is -0.477 e. The van der Waals surface area contributed by atoms with Gasteiger partial charge in [0, 0.05) is 0 Å². The average molecular weight is 156 g/mol. The third-order valence-electron chi connectivity index (χ3n) is 1.09. The summed E-state index contributed by atoms with van der Waals surface area (Å²) >= 11 is 0. The number of aromatic nitrogens is 2. The van der Waals surface area contributed by atoms with Crippen molar-refractivity contribution < 1.29 is 19.9 Å². The molecular formula is C4H5BN2O4. The van der Waals surface area contributed by atoms with E-state index in [0.29, 0.717) is 0 Å². The third kappa shape index (κ3) is 1.57. The van der Waals surface area contributed by atoms with Gasteiger partial charge >= 0.3 is 13.1 Å². The Labute approximate surface area is 61.6 Å². The number of aromatic amines is 1. The summed E-state index contributed by atoms with van der Waals surface area (Å²) in [7, 11) is -1.74. The largest absolute Gasteiger partial charge is 0.510 e. The second-order valence-corrected chi connectivity index (χ2v) is 1.89. The van der Waals surface area contributed by atoms with E-state index in [0.717, 1.165) is 6.07 Å². The molecule has 7 heteroatoms. The maximum absolute atomic E-state index is 10.2. The molecule has 4 N–H and O–H groups in total. The molecule has 0 spiro atoms. The lowest BCUT2D eigenvalue weighted by molar-refractivity contribution is 0.0690. The summed E-state index contributed by atoms with van der Waals surface area (Å²) in [6, 6.07) is 1.05. The predicted molar refractivity (Wildman–Crippen MR) is 35.4 cm³/mol. The molecule has 0 aliphatic carbocycles. The summed E-state index contributed by atoms with van der Waals surface area (Å²) in [6.45, 7) is 0. The van der Waals surface area contributed by atoms with Crippen molar-refractivity contribution in [2.24, 2.45) is 0 Å². The topological polar surface area (TPSA) is 106 Å². The Bertz CT molecular complexity index is 271. The first-order valence-corrected chi connectivity index (χ1v) is 2.76. The molecule has 0 aliphatic rings. The number of nitrogens with zero attached hydrogens (tertiary/aromatic N) is 1. The zero-order chi connectivity index (χ0) is 8.43. The summed E-state index contributed by atoms with van der Waals surface area (Å²) in [6.07, 6.45) is 0. The fourth-order valence-corrected chi connectivity index (χ4v) is 0.579. The summed E-state index contributed by atoms with van der Waals surface area (Å²) in [5, 5.41) is 30.8. The number of rotatable bonds is 2. The Morgan fingerprint density at radius 3 is 2.55 bits per heavy atom. The lowest BCUT2D eigenvalue weighted by Gasteiger charge is -1.86. The van der Waals surface area contributed by atoms with E-state index in [1.165, 1.54) is 0 Å². The number of hydrogen-bond acceptors (Lipinski definition) is 4. The highest BCUT2D eigenvalue weighted by molar-refractivity contribution is 6.57. The van der Waals surface area contributed by atoms with Gasteiger partial charge in [0.15, 0.2) is 0 Å². The quantitative estimate of drug-likeness (QED) is 0.363. The van der Waals surface area contributed by atoms with Crippen LogP contribution in [0.5, 0.6) is 0 Å². The number of hydrogen-bond donors (Lipinski definition) is 4. The molecule has 0 radical (unpaired) electrons. The molecule has 0 bridgehead atoms. The fraction of sp³-hybridized carbons (Fsp3) is 0. The Morgan fingerprint density at radius 2 is 2.27 bits per heavy atom. The van der Waals surface area contributed by atoms with Gasteiger partial charge in [-0.05, 0) is 6.07 Å². The molecule has 0 unspecified atom stereocenters. The lowest BCUT2D eigenvalue weighted by Crippen LogP contribution is -2.30. The van der Waals surface area contributed by atoms with Gasteiger partial charge in [-0.15, -0.1) is 0 Å². The van der Waals surface area contributed by atoms with Crippen molar-refractivity contribution in [1.29, 1.82) is 0 Å². The Hall–Kier alpha value is -1.34. The smallest absolute Gasteiger partial charge is 0.477 e. The first-order valence-electron chi connectivity index (χ1n) is 2.76. The van der Waals surface area contributed by atoms with Gasteiger partial charge in [-0.3, -0.25) is 5.10 Å². The second kappa shape index (κ2) is 2.73. The Balaban J connectivity index is 2.90. The molecule has 1 rings (SSSR count). The van der Waals surface area contributed by atoms with E-state index < -0.39 is 13.1 Å². The highest BCUT2D eigenvalue weighted by Gasteiger charge is 2.17. The normalized spacial score (nSPS) is 9.64. The van der Waals surface area contributed by atoms with Crippen LogP contribution in [0.15, 0.2) is 6.07 Å². The molecule has 1 aromatic heterocycles. The van der Waals surface area contributed by atoms with E-state index in [-0.39, 0.29) is 11.3 Å². The molecule has 0 aromatic carbocycles. The van der Waals surface area contributed by atoms with E-state index >= 15 is 0 Å². The minimum absolute atomic E-state index is 0.109. The van der Waals surface area contributed by atoms with Crippen molar-refractivity contribution in [2.75, 3.05) is 0 Å². The van der Waals surface area contributed by atoms with E-state index in [1.54, 1.807) is 0 Å². The van der Waals surface area contributed by atoms with Crippen molar-refractivity contribution in [3.63, 3.8) is 0 Å². The summed E-state index contributed by atoms with van der Waals surface area (Å²) < 4.78 is 0. The molecule has 0 amide bonds. The van der Waals surface area contributed by atoms with Crippen LogP contribution in [0.4, 0.5) is 0 Å². The first kappa shape index (κ1) is 7.77. The van der Waals surface area contributed by atoms with Gasteiger partial charge in [-0.2, -0.15) is 5.10 Å². The van der Waals surface area contributed by atoms with Gasteiger partial charge in [-0.1, -0.05) is 0 Å². The highest BCUT2D eigenvalue weighted by Crippen LogP contribution is 1.88. The molecular weight excluding hydrogens is 151 g/mol. The summed E-state index contributed by atoms with van der Waals surface area (Å²) in [5.74, 6) is -1.19. The summed E-state index contributed by atoms with van der Waals surface area (Å²) in [4.78, 5) is 10.2. The van der Waals surface area contributed by atoms with Gasteiger partial charge in [0.1, 0.15) is 5.69 Å². The molecule has 58 valence electrons. The standard InChI is InChI=1S/C4H5BN2O4/c8-4(9)2-1-3(5(10)11)7-6-2/h1,10-11H,(H,6,7)(H,8,9). The zero-order valence-electron chi connectivity index (χ0n) is 5.35. The van der Waals surface area contributed by atoms with Crippen LogP contribution in [0.25, 0.3) is 0 Å². The molecule has 0 aliphatic heterocycles. The number of aromatic carboxylic acids is 1. The predicted octanol–water partition coefficient (Wildman–Crippen LogP) is -2.21. The van der Waals surface area contributed by atoms with Crippen molar-refractivity contribution in [3.8, 4) is 0 Å². The van der Waals surface area contributed by atoms with E-state index in [1.807, 2.05) is 0 Å². The lowest BCUT2D eigenvalue weighted by atomic mass is 9.86. The SMILES string of the molecule is O=C(O)c1cc(B(O)O)n[nH]1. The number of carboxylic acid groups (broad SMARTS) is 1. The third-order valence-corrected chi connectivity index (χ3v) is 1.09. The minimum atomic E-state index is -1.74. The van der Waals surface area contributed by atoms with Crippen LogP contribution in [0.3, 0.4) is 0 Å². The zero-order valence-corrected chi connectivity index (χ0v) is 5.35. The molecule has 0 saturated heterocycles. The van der Waals surface area contributed by atoms with Crippen LogP contribution in [-0.4, -0.2) is 38.4 Å². The first-order chi connectivity index (χ1) is 5.11. The maximum Gasteiger partial charge on any atom is 0.510 e. The fourth-order valence-electron chi connectivity index (χ4n) is 0.579. The molecule has 1 aromatic rings. The maximum atomic E-state index is 10.2. The van der Waals surface area contributed by atoms with Crippen LogP contribution in [0, 0.1) is 0 Å². The summed E-state index contributed by atoms with van der Waals surface area (Å²) in [5.41, 5.74) is -0.282. The number of nitrogens with one attached hydrogen (secondary N) is 1. The van der Waals surface area contributed by atoms with Gasteiger partial charge in [0.25, 0.3) is 0 Å². The van der Waals surface area contributed by atoms with E-state index in [2.05, 4.69) is 10.2 Å². The monoisotopic (exact) mass is 156 g/mol. The highest BCUT2D eigenvalue weighted by atomic mass is 16.4. The van der Waals surface area contributed by atoms with Gasteiger partial charge in [0.05, 0.1) is 5.59 Å². The number of H-pyrrole nitrogens is 1. The van der Waals surface area contributed by atoms with Crippen LogP contribution < -0.4 is 5.59 Å². The molecule has 11 heavy (non-hydrogen) atoms. The van der Waals surface area contributed by atoms with Crippen LogP contribution in [0.1, 0.15) is 10.5 Å². The molecule has 0 fully saturated rings. The van der Waals surface area contributed by atoms with E-state index in [4.69, 9.17) is 15.2 Å². The van der Waals surface area contributed by atoms with Gasteiger partial charge in [0.2, 0.25) is 0 Å². The van der Waals surface area contributed by atoms with Crippen molar-refractivity contribution >= 4 is 18.7 Å². The van der Waals surface area contributed by atoms with Crippen LogP contribution in [-0.2, 0) is 0 Å². The van der Waals surface area contributed by atoms with E-state index in [9.17, 15) is 4.79 Å². The number of carbonyl (C=O) groups is 1. The van der Waals surface area contributed by atoms with Gasteiger partial charge in [-0.25, -0.2) is 4.79 Å². The number of carboxylic acids is 1. The van der Waals surface area contributed by atoms with Crippen LogP contribution >= 0.6 is 0 Å². The Morgan fingerprint density at radius 1 is 1.64 bits per heavy atom. The second-order valence-electron chi connectivity index (χ2n) is 1.89. The van der Waals surface area contributed by atoms with Crippen molar-refractivity contribution in [2.45, 2.75) is 0 Å². The Kier molecular flexibility index (Phi) is 1.93. The van der Waals surface area contributed by atoms with Crippen molar-refractivity contribution in [1.82, 2.24) is 10.2 Å². The van der Waals surface area contributed by atoms with Gasteiger partial charge < -0.3 is 15.2 Å².